The Morgan fingerprint density at radius 2 is 1.90 bits per heavy atom. The Bertz CT molecular complexity index is 732. The topological polar surface area (TPSA) is 74.3 Å². The number of methoxy groups -OCH3 is 1. The highest BCUT2D eigenvalue weighted by Crippen LogP contribution is 2.26. The summed E-state index contributed by atoms with van der Waals surface area (Å²) in [6, 6.07) is 6.46. The molecule has 2 rings (SSSR count). The molecule has 0 saturated heterocycles. The van der Waals surface area contributed by atoms with Gasteiger partial charge in [0.1, 0.15) is 5.75 Å². The van der Waals surface area contributed by atoms with Crippen LogP contribution in [0.15, 0.2) is 35.3 Å². The first-order chi connectivity index (χ1) is 9.45. The smallest absolute Gasteiger partial charge is 0.255 e. The lowest BCUT2D eigenvalue weighted by molar-refractivity contribution is 0.0999. The van der Waals surface area contributed by atoms with E-state index < -0.39 is 5.91 Å². The first-order valence-corrected chi connectivity index (χ1v) is 6.12. The number of pyridine rings is 1. The lowest BCUT2D eigenvalue weighted by Crippen LogP contribution is -2.22. The SMILES string of the molecule is COc1ccc(C)c(-n2cc(C(N)=O)ccc2=O)c1C. The van der Waals surface area contributed by atoms with Crippen molar-refractivity contribution in [2.24, 2.45) is 5.73 Å². The van der Waals surface area contributed by atoms with Gasteiger partial charge in [0, 0.05) is 17.8 Å². The molecule has 0 unspecified atom stereocenters. The Morgan fingerprint density at radius 3 is 2.50 bits per heavy atom. The van der Waals surface area contributed by atoms with Crippen molar-refractivity contribution in [3.63, 3.8) is 0 Å². The van der Waals surface area contributed by atoms with Gasteiger partial charge in [-0.05, 0) is 31.5 Å². The molecule has 0 fully saturated rings. The summed E-state index contributed by atoms with van der Waals surface area (Å²) in [5, 5.41) is 0. The summed E-state index contributed by atoms with van der Waals surface area (Å²) in [5.74, 6) is 0.110. The highest BCUT2D eigenvalue weighted by molar-refractivity contribution is 5.92. The number of hydrogen-bond acceptors (Lipinski definition) is 3. The number of rotatable bonds is 3. The van der Waals surface area contributed by atoms with Gasteiger partial charge in [0.15, 0.2) is 0 Å². The van der Waals surface area contributed by atoms with Crippen LogP contribution in [0.25, 0.3) is 5.69 Å². The van der Waals surface area contributed by atoms with E-state index in [-0.39, 0.29) is 11.1 Å². The van der Waals surface area contributed by atoms with E-state index in [0.717, 1.165) is 11.1 Å². The monoisotopic (exact) mass is 272 g/mol. The number of amides is 1. The first-order valence-electron chi connectivity index (χ1n) is 6.12. The maximum Gasteiger partial charge on any atom is 0.255 e. The first kappa shape index (κ1) is 13.9. The fourth-order valence-electron chi connectivity index (χ4n) is 2.22. The van der Waals surface area contributed by atoms with Crippen LogP contribution >= 0.6 is 0 Å². The average molecular weight is 272 g/mol. The number of hydrogen-bond donors (Lipinski definition) is 1. The fourth-order valence-corrected chi connectivity index (χ4v) is 2.22. The average Bonchev–Trinajstić information content (AvgIpc) is 2.40. The van der Waals surface area contributed by atoms with Gasteiger partial charge in [0.25, 0.3) is 5.56 Å². The minimum Gasteiger partial charge on any atom is -0.496 e. The van der Waals surface area contributed by atoms with Crippen LogP contribution in [0.3, 0.4) is 0 Å². The van der Waals surface area contributed by atoms with Crippen LogP contribution in [-0.4, -0.2) is 17.6 Å². The number of nitrogens with two attached hydrogens (primary N) is 1. The van der Waals surface area contributed by atoms with Crippen molar-refractivity contribution in [1.82, 2.24) is 4.57 Å². The predicted octanol–water partition coefficient (Wildman–Crippen LogP) is 1.56. The van der Waals surface area contributed by atoms with Crippen LogP contribution in [-0.2, 0) is 0 Å². The van der Waals surface area contributed by atoms with Crippen molar-refractivity contribution in [3.8, 4) is 11.4 Å². The molecular weight excluding hydrogens is 256 g/mol. The third-order valence-electron chi connectivity index (χ3n) is 3.24. The second kappa shape index (κ2) is 5.21. The minimum atomic E-state index is -0.572. The Morgan fingerprint density at radius 1 is 1.20 bits per heavy atom. The fraction of sp³-hybridized carbons (Fsp3) is 0.200. The van der Waals surface area contributed by atoms with Crippen LogP contribution in [0.4, 0.5) is 0 Å². The highest BCUT2D eigenvalue weighted by atomic mass is 16.5. The summed E-state index contributed by atoms with van der Waals surface area (Å²) >= 11 is 0. The molecule has 20 heavy (non-hydrogen) atoms. The molecule has 5 heteroatoms. The molecule has 1 amide bonds. The third kappa shape index (κ3) is 2.30. The minimum absolute atomic E-state index is 0.227. The Hall–Kier alpha value is -2.56. The van der Waals surface area contributed by atoms with E-state index in [1.807, 2.05) is 26.0 Å². The van der Waals surface area contributed by atoms with Gasteiger partial charge in [-0.3, -0.25) is 14.2 Å². The van der Waals surface area contributed by atoms with Crippen LogP contribution in [0.1, 0.15) is 21.5 Å². The molecule has 104 valence electrons. The van der Waals surface area contributed by atoms with E-state index in [0.29, 0.717) is 11.4 Å². The van der Waals surface area contributed by atoms with Gasteiger partial charge in [0.05, 0.1) is 18.4 Å². The second-order valence-electron chi connectivity index (χ2n) is 4.55. The standard InChI is InChI=1S/C15H16N2O3/c1-9-4-6-12(20-3)10(2)14(9)17-8-11(15(16)19)5-7-13(17)18/h4-8H,1-3H3,(H2,16,19). The molecule has 0 aliphatic heterocycles. The number of aryl methyl sites for hydroxylation is 1. The van der Waals surface area contributed by atoms with Gasteiger partial charge in [-0.1, -0.05) is 6.07 Å². The summed E-state index contributed by atoms with van der Waals surface area (Å²) in [4.78, 5) is 23.3. The van der Waals surface area contributed by atoms with Crippen molar-refractivity contribution in [2.45, 2.75) is 13.8 Å². The van der Waals surface area contributed by atoms with Gasteiger partial charge in [0.2, 0.25) is 5.91 Å². The van der Waals surface area contributed by atoms with Gasteiger partial charge < -0.3 is 10.5 Å². The van der Waals surface area contributed by atoms with Gasteiger partial charge >= 0.3 is 0 Å². The van der Waals surface area contributed by atoms with Crippen molar-refractivity contribution in [1.29, 1.82) is 0 Å². The molecule has 0 saturated carbocycles. The molecule has 0 aliphatic rings. The molecular formula is C15H16N2O3. The number of carbonyl (C=O) groups is 1. The van der Waals surface area contributed by atoms with Gasteiger partial charge in [-0.15, -0.1) is 0 Å². The van der Waals surface area contributed by atoms with Crippen molar-refractivity contribution >= 4 is 5.91 Å². The summed E-state index contributed by atoms with van der Waals surface area (Å²) in [5.41, 5.74) is 7.77. The number of primary amides is 1. The number of benzene rings is 1. The number of ether oxygens (including phenoxy) is 1. The summed E-state index contributed by atoms with van der Waals surface area (Å²) in [6.45, 7) is 3.76. The van der Waals surface area contributed by atoms with Crippen molar-refractivity contribution in [2.75, 3.05) is 7.11 Å². The molecule has 2 N–H and O–H groups in total. The predicted molar refractivity (Wildman–Crippen MR) is 76.6 cm³/mol. The zero-order chi connectivity index (χ0) is 14.9. The van der Waals surface area contributed by atoms with E-state index in [9.17, 15) is 9.59 Å². The van der Waals surface area contributed by atoms with E-state index in [1.165, 1.54) is 22.9 Å². The molecule has 0 atom stereocenters. The van der Waals surface area contributed by atoms with Crippen molar-refractivity contribution < 1.29 is 9.53 Å². The second-order valence-corrected chi connectivity index (χ2v) is 4.55. The quantitative estimate of drug-likeness (QED) is 0.921. The summed E-state index contributed by atoms with van der Waals surface area (Å²) in [7, 11) is 1.57. The number of aromatic nitrogens is 1. The third-order valence-corrected chi connectivity index (χ3v) is 3.24. The molecule has 1 aromatic heterocycles. The van der Waals surface area contributed by atoms with Crippen molar-refractivity contribution in [3.05, 3.63) is 57.5 Å². The molecule has 0 radical (unpaired) electrons. The van der Waals surface area contributed by atoms with Gasteiger partial charge in [-0.2, -0.15) is 0 Å². The molecule has 5 nitrogen and oxygen atoms in total. The highest BCUT2D eigenvalue weighted by Gasteiger charge is 2.12. The zero-order valence-electron chi connectivity index (χ0n) is 11.6. The maximum atomic E-state index is 12.1. The van der Waals surface area contributed by atoms with Crippen LogP contribution in [0.2, 0.25) is 0 Å². The Labute approximate surface area is 116 Å². The lowest BCUT2D eigenvalue weighted by atomic mass is 10.1. The van der Waals surface area contributed by atoms with Crippen LogP contribution < -0.4 is 16.0 Å². The van der Waals surface area contributed by atoms with Gasteiger partial charge in [-0.25, -0.2) is 0 Å². The molecule has 0 spiro atoms. The summed E-state index contributed by atoms with van der Waals surface area (Å²) in [6.07, 6.45) is 1.46. The zero-order valence-corrected chi connectivity index (χ0v) is 11.6. The van der Waals surface area contributed by atoms with E-state index in [4.69, 9.17) is 10.5 Å². The van der Waals surface area contributed by atoms with E-state index >= 15 is 0 Å². The molecule has 0 bridgehead atoms. The lowest BCUT2D eigenvalue weighted by Gasteiger charge is -2.15. The Kier molecular flexibility index (Phi) is 3.61. The number of carbonyl (C=O) groups excluding carboxylic acids is 1. The molecule has 1 aromatic carbocycles. The number of nitrogens with zero attached hydrogens (tertiary/aromatic N) is 1. The Balaban J connectivity index is 2.77. The van der Waals surface area contributed by atoms with E-state index in [2.05, 4.69) is 0 Å². The van der Waals surface area contributed by atoms with Crippen LogP contribution in [0.5, 0.6) is 5.75 Å². The molecule has 1 heterocycles. The maximum absolute atomic E-state index is 12.1. The van der Waals surface area contributed by atoms with Crippen LogP contribution in [0, 0.1) is 13.8 Å². The summed E-state index contributed by atoms with van der Waals surface area (Å²) < 4.78 is 6.70. The van der Waals surface area contributed by atoms with E-state index in [1.54, 1.807) is 7.11 Å². The molecule has 2 aromatic rings. The normalized spacial score (nSPS) is 10.3. The molecule has 0 aliphatic carbocycles. The largest absolute Gasteiger partial charge is 0.496 e.